The fourth-order valence-electron chi connectivity index (χ4n) is 0.909. The predicted molar refractivity (Wildman–Crippen MR) is 44.9 cm³/mol. The summed E-state index contributed by atoms with van der Waals surface area (Å²) in [6.45, 7) is 0.971. The first kappa shape index (κ1) is 11.8. The van der Waals surface area contributed by atoms with E-state index in [2.05, 4.69) is 5.32 Å². The largest absolute Gasteiger partial charge is 0.396 e. The van der Waals surface area contributed by atoms with Gasteiger partial charge in [-0.1, -0.05) is 0 Å². The molecule has 0 bridgehead atoms. The number of nitrogens with one attached hydrogen (secondary N) is 1. The van der Waals surface area contributed by atoms with Crippen LogP contribution < -0.4 is 5.32 Å². The zero-order valence-electron chi connectivity index (χ0n) is 7.40. The maximum absolute atomic E-state index is 10.6. The highest BCUT2D eigenvalue weighted by Crippen LogP contribution is 2.01. The quantitative estimate of drug-likeness (QED) is 0.516. The molecule has 74 valence electrons. The monoisotopic (exact) mass is 187 g/mol. The molecule has 0 rings (SSSR count). The molecule has 0 fully saturated rings. The molecular formula is C8H13NO4. The van der Waals surface area contributed by atoms with Crippen LogP contribution in [-0.4, -0.2) is 36.2 Å². The molecule has 0 aromatic heterocycles. The lowest BCUT2D eigenvalue weighted by Crippen LogP contribution is -2.36. The minimum atomic E-state index is -0.695. The van der Waals surface area contributed by atoms with E-state index in [1.54, 1.807) is 0 Å². The number of aliphatic hydroxyl groups is 1. The maximum Gasteiger partial charge on any atom is 0.217 e. The molecular weight excluding hydrogens is 174 g/mol. The fraction of sp³-hybridized carbons (Fsp3) is 0.625. The fourth-order valence-corrected chi connectivity index (χ4v) is 0.909. The van der Waals surface area contributed by atoms with Gasteiger partial charge in [-0.3, -0.25) is 4.79 Å². The van der Waals surface area contributed by atoms with E-state index in [1.165, 1.54) is 6.92 Å². The van der Waals surface area contributed by atoms with Gasteiger partial charge in [-0.15, -0.1) is 0 Å². The van der Waals surface area contributed by atoms with Crippen LogP contribution in [0.2, 0.25) is 0 Å². The summed E-state index contributed by atoms with van der Waals surface area (Å²) in [6, 6.07) is -0.695. The summed E-state index contributed by atoms with van der Waals surface area (Å²) in [5.41, 5.74) is 0. The highest BCUT2D eigenvalue weighted by atomic mass is 16.3. The first-order valence-corrected chi connectivity index (χ1v) is 3.92. The van der Waals surface area contributed by atoms with Gasteiger partial charge in [0.05, 0.1) is 12.6 Å². The number of amides is 1. The topological polar surface area (TPSA) is 83.5 Å². The van der Waals surface area contributed by atoms with Gasteiger partial charge in [-0.2, -0.15) is 0 Å². The molecule has 0 aromatic rings. The van der Waals surface area contributed by atoms with Crippen molar-refractivity contribution in [3.05, 3.63) is 0 Å². The van der Waals surface area contributed by atoms with E-state index in [-0.39, 0.29) is 18.9 Å². The number of rotatable bonds is 6. The molecule has 0 aliphatic carbocycles. The Morgan fingerprint density at radius 2 is 2.08 bits per heavy atom. The molecule has 2 atom stereocenters. The summed E-state index contributed by atoms with van der Waals surface area (Å²) in [4.78, 5) is 31.2. The van der Waals surface area contributed by atoms with Crippen molar-refractivity contribution in [2.75, 3.05) is 6.61 Å². The van der Waals surface area contributed by atoms with E-state index in [4.69, 9.17) is 5.11 Å². The minimum absolute atomic E-state index is 0.142. The molecule has 2 N–H and O–H groups in total. The number of aliphatic hydroxyl groups excluding tert-OH is 1. The van der Waals surface area contributed by atoms with Gasteiger partial charge in [-0.25, -0.2) is 0 Å². The standard InChI is InChI=1S/C8H13NO4/c1-6(13)9-8(5-12)2-7(3-10)4-11/h3,5,7-8,11H,2,4H2,1H3,(H,9,13). The summed E-state index contributed by atoms with van der Waals surface area (Å²) < 4.78 is 0. The van der Waals surface area contributed by atoms with Gasteiger partial charge < -0.3 is 20.0 Å². The Balaban J connectivity index is 4.02. The van der Waals surface area contributed by atoms with E-state index in [0.29, 0.717) is 12.6 Å². The number of carbonyl (C=O) groups is 3. The summed E-state index contributed by atoms with van der Waals surface area (Å²) >= 11 is 0. The van der Waals surface area contributed by atoms with Crippen LogP contribution in [0.3, 0.4) is 0 Å². The SMILES string of the molecule is CC(=O)NC(C=O)CC(C=O)CO. The third-order valence-electron chi connectivity index (χ3n) is 1.54. The zero-order valence-corrected chi connectivity index (χ0v) is 7.40. The smallest absolute Gasteiger partial charge is 0.217 e. The van der Waals surface area contributed by atoms with Crippen molar-refractivity contribution in [3.8, 4) is 0 Å². The Labute approximate surface area is 76.1 Å². The zero-order chi connectivity index (χ0) is 10.3. The van der Waals surface area contributed by atoms with Crippen molar-refractivity contribution in [2.45, 2.75) is 19.4 Å². The lowest BCUT2D eigenvalue weighted by atomic mass is 10.0. The van der Waals surface area contributed by atoms with Crippen molar-refractivity contribution in [1.82, 2.24) is 5.32 Å². The third-order valence-corrected chi connectivity index (χ3v) is 1.54. The molecule has 0 aliphatic rings. The average molecular weight is 187 g/mol. The second kappa shape index (κ2) is 6.30. The van der Waals surface area contributed by atoms with Gasteiger partial charge in [0, 0.05) is 12.8 Å². The summed E-state index contributed by atoms with van der Waals surface area (Å²) in [5, 5.41) is 11.0. The van der Waals surface area contributed by atoms with Crippen LogP contribution in [0.25, 0.3) is 0 Å². The number of carbonyl (C=O) groups excluding carboxylic acids is 3. The second-order valence-electron chi connectivity index (χ2n) is 2.76. The Morgan fingerprint density at radius 1 is 1.46 bits per heavy atom. The van der Waals surface area contributed by atoms with Gasteiger partial charge in [0.15, 0.2) is 0 Å². The van der Waals surface area contributed by atoms with Crippen molar-refractivity contribution in [3.63, 3.8) is 0 Å². The van der Waals surface area contributed by atoms with Gasteiger partial charge >= 0.3 is 0 Å². The Morgan fingerprint density at radius 3 is 2.38 bits per heavy atom. The Bertz CT molecular complexity index is 193. The molecule has 0 heterocycles. The van der Waals surface area contributed by atoms with Crippen LogP contribution in [0, 0.1) is 5.92 Å². The van der Waals surface area contributed by atoms with Crippen LogP contribution in [-0.2, 0) is 14.4 Å². The molecule has 0 aliphatic heterocycles. The maximum atomic E-state index is 10.6. The van der Waals surface area contributed by atoms with Gasteiger partial charge in [0.25, 0.3) is 0 Å². The molecule has 13 heavy (non-hydrogen) atoms. The van der Waals surface area contributed by atoms with E-state index in [1.807, 2.05) is 0 Å². The van der Waals surface area contributed by atoms with Gasteiger partial charge in [0.2, 0.25) is 5.91 Å². The predicted octanol–water partition coefficient (Wildman–Crippen LogP) is -1.11. The Kier molecular flexibility index (Phi) is 5.71. The van der Waals surface area contributed by atoms with Crippen LogP contribution in [0.1, 0.15) is 13.3 Å². The minimum Gasteiger partial charge on any atom is -0.396 e. The van der Waals surface area contributed by atoms with Gasteiger partial charge in [-0.05, 0) is 6.42 Å². The van der Waals surface area contributed by atoms with Crippen LogP contribution in [0.4, 0.5) is 0 Å². The van der Waals surface area contributed by atoms with Crippen LogP contribution >= 0.6 is 0 Å². The van der Waals surface area contributed by atoms with Gasteiger partial charge in [0.1, 0.15) is 12.6 Å². The molecule has 0 radical (unpaired) electrons. The first-order valence-electron chi connectivity index (χ1n) is 3.92. The summed E-state index contributed by atoms with van der Waals surface area (Å²) in [6.07, 6.45) is 1.26. The van der Waals surface area contributed by atoms with Crippen molar-refractivity contribution in [2.24, 2.45) is 5.92 Å². The highest BCUT2D eigenvalue weighted by Gasteiger charge is 2.15. The van der Waals surface area contributed by atoms with Crippen molar-refractivity contribution >= 4 is 18.5 Å². The first-order chi connectivity index (χ1) is 6.13. The molecule has 0 saturated heterocycles. The third kappa shape index (κ3) is 5.08. The normalized spacial score (nSPS) is 14.3. The number of aldehydes is 2. The molecule has 2 unspecified atom stereocenters. The number of hydrogen-bond acceptors (Lipinski definition) is 4. The van der Waals surface area contributed by atoms with E-state index in [0.717, 1.165) is 0 Å². The molecule has 5 nitrogen and oxygen atoms in total. The second-order valence-corrected chi connectivity index (χ2v) is 2.76. The number of hydrogen-bond donors (Lipinski definition) is 2. The van der Waals surface area contributed by atoms with E-state index < -0.39 is 12.0 Å². The molecule has 0 saturated carbocycles. The molecule has 0 aromatic carbocycles. The Hall–Kier alpha value is -1.23. The molecule has 1 amide bonds. The highest BCUT2D eigenvalue weighted by molar-refractivity contribution is 5.77. The molecule has 5 heteroatoms. The van der Waals surface area contributed by atoms with E-state index in [9.17, 15) is 14.4 Å². The van der Waals surface area contributed by atoms with E-state index >= 15 is 0 Å². The summed E-state index contributed by atoms with van der Waals surface area (Å²) in [5.74, 6) is -0.929. The van der Waals surface area contributed by atoms with Crippen LogP contribution in [0.5, 0.6) is 0 Å². The lowest BCUT2D eigenvalue weighted by molar-refractivity contribution is -0.123. The van der Waals surface area contributed by atoms with Crippen LogP contribution in [0.15, 0.2) is 0 Å². The van der Waals surface area contributed by atoms with Crippen molar-refractivity contribution < 1.29 is 19.5 Å². The average Bonchev–Trinajstić information content (AvgIpc) is 2.11. The van der Waals surface area contributed by atoms with Crippen molar-refractivity contribution in [1.29, 1.82) is 0 Å². The summed E-state index contributed by atoms with van der Waals surface area (Å²) in [7, 11) is 0. The molecule has 0 spiro atoms. The lowest BCUT2D eigenvalue weighted by Gasteiger charge is -2.13.